The van der Waals surface area contributed by atoms with E-state index in [9.17, 15) is 13.8 Å². The van der Waals surface area contributed by atoms with Crippen LogP contribution in [0.3, 0.4) is 0 Å². The second kappa shape index (κ2) is 5.62. The van der Waals surface area contributed by atoms with Gasteiger partial charge in [-0.05, 0) is 13.3 Å². The van der Waals surface area contributed by atoms with Gasteiger partial charge in [0, 0.05) is 28.9 Å². The lowest BCUT2D eigenvalue weighted by Crippen LogP contribution is -2.65. The molecule has 1 N–H and O–H groups in total. The molecule has 0 aromatic heterocycles. The molecule has 0 aromatic rings. The van der Waals surface area contributed by atoms with Crippen molar-refractivity contribution in [3.8, 4) is 0 Å². The summed E-state index contributed by atoms with van der Waals surface area (Å²) in [5.74, 6) is 0.804. The summed E-state index contributed by atoms with van der Waals surface area (Å²) < 4.78 is 11.3. The second-order valence-corrected chi connectivity index (χ2v) is 6.26. The number of piperazine rings is 1. The molecule has 1 saturated heterocycles. The summed E-state index contributed by atoms with van der Waals surface area (Å²) in [5.41, 5.74) is -0.803. The zero-order chi connectivity index (χ0) is 13.1. The quantitative estimate of drug-likeness (QED) is 0.749. The molecule has 0 saturated carbocycles. The largest absolute Gasteiger partial charge is 0.340 e. The Balaban J connectivity index is 2.68. The normalized spacial score (nSPS) is 26.9. The number of amides is 2. The molecular weight excluding hydrogens is 240 g/mol. The number of carbonyl (C=O) groups excluding carboxylic acids is 2. The zero-order valence-electron chi connectivity index (χ0n) is 10.6. The number of rotatable bonds is 5. The van der Waals surface area contributed by atoms with Crippen molar-refractivity contribution in [1.82, 2.24) is 10.2 Å². The van der Waals surface area contributed by atoms with E-state index in [1.807, 2.05) is 13.8 Å². The first-order chi connectivity index (χ1) is 7.92. The van der Waals surface area contributed by atoms with Crippen LogP contribution in [0.5, 0.6) is 0 Å². The highest BCUT2D eigenvalue weighted by Gasteiger charge is 2.41. The Labute approximate surface area is 104 Å². The Morgan fingerprint density at radius 2 is 2.06 bits per heavy atom. The third-order valence-electron chi connectivity index (χ3n) is 3.13. The Kier molecular flexibility index (Phi) is 4.68. The van der Waals surface area contributed by atoms with Gasteiger partial charge >= 0.3 is 0 Å². The van der Waals surface area contributed by atoms with Crippen LogP contribution in [-0.4, -0.2) is 51.1 Å². The lowest BCUT2D eigenvalue weighted by atomic mass is 9.94. The summed E-state index contributed by atoms with van der Waals surface area (Å²) >= 11 is 0. The number of hydrogen-bond donors (Lipinski definition) is 1. The van der Waals surface area contributed by atoms with Gasteiger partial charge in [-0.25, -0.2) is 0 Å². The molecule has 1 aliphatic heterocycles. The van der Waals surface area contributed by atoms with E-state index >= 15 is 0 Å². The number of carbonyl (C=O) groups is 2. The molecule has 0 aliphatic carbocycles. The van der Waals surface area contributed by atoms with Crippen molar-refractivity contribution in [1.29, 1.82) is 0 Å². The van der Waals surface area contributed by atoms with E-state index in [0.29, 0.717) is 24.5 Å². The number of nitrogens with zero attached hydrogens (tertiary/aromatic N) is 1. The van der Waals surface area contributed by atoms with E-state index in [1.165, 1.54) is 4.90 Å². The Morgan fingerprint density at radius 1 is 1.41 bits per heavy atom. The molecule has 17 heavy (non-hydrogen) atoms. The van der Waals surface area contributed by atoms with Crippen LogP contribution < -0.4 is 5.32 Å². The van der Waals surface area contributed by atoms with Crippen molar-refractivity contribution >= 4 is 22.6 Å². The maximum absolute atomic E-state index is 12.1. The minimum absolute atomic E-state index is 0.0762. The summed E-state index contributed by atoms with van der Waals surface area (Å²) in [6.45, 7) is 5.91. The highest BCUT2D eigenvalue weighted by molar-refractivity contribution is 7.84. The smallest absolute Gasteiger partial charge is 0.248 e. The first-order valence-corrected chi connectivity index (χ1v) is 7.37. The summed E-state index contributed by atoms with van der Waals surface area (Å²) in [6.07, 6.45) is 0.560. The minimum atomic E-state index is -0.907. The predicted octanol–water partition coefficient (Wildman–Crippen LogP) is -0.118. The van der Waals surface area contributed by atoms with Gasteiger partial charge in [-0.15, -0.1) is 0 Å². The zero-order valence-corrected chi connectivity index (χ0v) is 11.4. The van der Waals surface area contributed by atoms with Crippen molar-refractivity contribution in [3.05, 3.63) is 0 Å². The fraction of sp³-hybridized carbons (Fsp3) is 0.818. The van der Waals surface area contributed by atoms with Crippen LogP contribution in [0.25, 0.3) is 0 Å². The van der Waals surface area contributed by atoms with Gasteiger partial charge in [0.05, 0.1) is 6.54 Å². The van der Waals surface area contributed by atoms with E-state index in [2.05, 4.69) is 5.32 Å². The molecule has 1 fully saturated rings. The fourth-order valence-corrected chi connectivity index (χ4v) is 2.48. The first-order valence-electron chi connectivity index (χ1n) is 5.88. The lowest BCUT2D eigenvalue weighted by molar-refractivity contribution is -0.149. The average Bonchev–Trinajstić information content (AvgIpc) is 2.31. The minimum Gasteiger partial charge on any atom is -0.340 e. The highest BCUT2D eigenvalue weighted by Crippen LogP contribution is 2.17. The molecule has 2 unspecified atom stereocenters. The fourth-order valence-electron chi connectivity index (χ4n) is 1.77. The van der Waals surface area contributed by atoms with Gasteiger partial charge in [0.25, 0.3) is 0 Å². The van der Waals surface area contributed by atoms with Crippen LogP contribution in [0, 0.1) is 0 Å². The van der Waals surface area contributed by atoms with Crippen LogP contribution in [0.15, 0.2) is 0 Å². The molecule has 98 valence electrons. The topological polar surface area (TPSA) is 66.5 Å². The van der Waals surface area contributed by atoms with Gasteiger partial charge in [0.2, 0.25) is 11.8 Å². The summed E-state index contributed by atoms with van der Waals surface area (Å²) in [4.78, 5) is 25.2. The van der Waals surface area contributed by atoms with Crippen LogP contribution in [0.2, 0.25) is 0 Å². The van der Waals surface area contributed by atoms with Crippen molar-refractivity contribution in [2.45, 2.75) is 32.7 Å². The van der Waals surface area contributed by atoms with Crippen LogP contribution in [0.4, 0.5) is 0 Å². The maximum atomic E-state index is 12.1. The number of nitrogens with one attached hydrogen (secondary N) is 1. The molecule has 5 nitrogen and oxygen atoms in total. The van der Waals surface area contributed by atoms with Gasteiger partial charge in [0.15, 0.2) is 0 Å². The molecule has 1 heterocycles. The van der Waals surface area contributed by atoms with Crippen molar-refractivity contribution in [2.24, 2.45) is 0 Å². The lowest BCUT2D eigenvalue weighted by Gasteiger charge is -2.39. The Bertz CT molecular complexity index is 346. The average molecular weight is 260 g/mol. The third kappa shape index (κ3) is 3.28. The van der Waals surface area contributed by atoms with E-state index in [4.69, 9.17) is 0 Å². The Morgan fingerprint density at radius 3 is 2.59 bits per heavy atom. The molecule has 0 radical (unpaired) electrons. The highest BCUT2D eigenvalue weighted by atomic mass is 32.2. The molecule has 0 aromatic carbocycles. The van der Waals surface area contributed by atoms with E-state index in [0.717, 1.165) is 0 Å². The second-order valence-electron chi connectivity index (χ2n) is 4.39. The van der Waals surface area contributed by atoms with E-state index in [-0.39, 0.29) is 18.4 Å². The molecule has 2 atom stereocenters. The number of hydrogen-bond acceptors (Lipinski definition) is 3. The monoisotopic (exact) mass is 260 g/mol. The van der Waals surface area contributed by atoms with Gasteiger partial charge < -0.3 is 10.2 Å². The van der Waals surface area contributed by atoms with Gasteiger partial charge in [0.1, 0.15) is 5.54 Å². The SMILES string of the molecule is CCS(=O)CCN1CC(=O)NC(C)(CC)C1=O. The van der Waals surface area contributed by atoms with Crippen LogP contribution in [-0.2, 0) is 20.4 Å². The van der Waals surface area contributed by atoms with Gasteiger partial charge in [-0.3, -0.25) is 13.8 Å². The first kappa shape index (κ1) is 14.2. The predicted molar refractivity (Wildman–Crippen MR) is 67.0 cm³/mol. The van der Waals surface area contributed by atoms with Crippen molar-refractivity contribution < 1.29 is 13.8 Å². The molecule has 2 amide bonds. The van der Waals surface area contributed by atoms with Crippen molar-refractivity contribution in [3.63, 3.8) is 0 Å². The van der Waals surface area contributed by atoms with Gasteiger partial charge in [-0.2, -0.15) is 0 Å². The van der Waals surface area contributed by atoms with E-state index in [1.54, 1.807) is 6.92 Å². The Hall–Kier alpha value is -0.910. The van der Waals surface area contributed by atoms with Gasteiger partial charge in [-0.1, -0.05) is 13.8 Å². The van der Waals surface area contributed by atoms with E-state index < -0.39 is 16.3 Å². The summed E-state index contributed by atoms with van der Waals surface area (Å²) in [5, 5.41) is 2.72. The summed E-state index contributed by atoms with van der Waals surface area (Å²) in [6, 6.07) is 0. The molecule has 0 spiro atoms. The van der Waals surface area contributed by atoms with Crippen LogP contribution >= 0.6 is 0 Å². The molecular formula is C11H20N2O3S. The maximum Gasteiger partial charge on any atom is 0.248 e. The third-order valence-corrected chi connectivity index (χ3v) is 4.41. The molecule has 1 aliphatic rings. The standard InChI is InChI=1S/C11H20N2O3S/c1-4-11(3)10(15)13(8-9(14)12-11)6-7-17(16)5-2/h4-8H2,1-3H3,(H,12,14). The molecule has 1 rings (SSSR count). The van der Waals surface area contributed by atoms with Crippen molar-refractivity contribution in [2.75, 3.05) is 24.6 Å². The summed E-state index contributed by atoms with van der Waals surface area (Å²) in [7, 11) is -0.907. The van der Waals surface area contributed by atoms with Crippen LogP contribution in [0.1, 0.15) is 27.2 Å². The molecule has 6 heteroatoms. The molecule has 0 bridgehead atoms.